The molecule has 0 fully saturated rings. The third-order valence-electron chi connectivity index (χ3n) is 2.16. The van der Waals surface area contributed by atoms with Gasteiger partial charge in [0.25, 0.3) is 0 Å². The average molecular weight is 277 g/mol. The smallest absolute Gasteiger partial charge is 0.488 e. The number of ether oxygens (including phenoxy) is 2. The van der Waals surface area contributed by atoms with E-state index in [4.69, 9.17) is 4.74 Å². The van der Waals surface area contributed by atoms with Gasteiger partial charge in [-0.25, -0.2) is 0 Å². The molecule has 1 rings (SSSR count). The Balaban J connectivity index is 2.45. The predicted octanol–water partition coefficient (Wildman–Crippen LogP) is 3.21. The van der Waals surface area contributed by atoms with Crippen LogP contribution in [0.2, 0.25) is 0 Å². The van der Waals surface area contributed by atoms with E-state index in [0.29, 0.717) is 12.5 Å². The van der Waals surface area contributed by atoms with Crippen molar-refractivity contribution in [3.8, 4) is 11.5 Å². The van der Waals surface area contributed by atoms with Gasteiger partial charge in [-0.3, -0.25) is 0 Å². The summed E-state index contributed by atoms with van der Waals surface area (Å²) in [5, 5.41) is 3.13. The molecule has 0 aromatic heterocycles. The minimum Gasteiger partial charge on any atom is -0.488 e. The van der Waals surface area contributed by atoms with E-state index in [2.05, 4.69) is 23.9 Å². The topological polar surface area (TPSA) is 30.5 Å². The number of nitrogens with one attached hydrogen (secondary N) is 1. The summed E-state index contributed by atoms with van der Waals surface area (Å²) in [7, 11) is 0. The summed E-state index contributed by atoms with van der Waals surface area (Å²) >= 11 is 0. The van der Waals surface area contributed by atoms with Crippen molar-refractivity contribution in [3.63, 3.8) is 0 Å². The Kier molecular flexibility index (Phi) is 5.95. The molecule has 3 nitrogen and oxygen atoms in total. The van der Waals surface area contributed by atoms with Gasteiger partial charge >= 0.3 is 6.36 Å². The Labute approximate surface area is 110 Å². The number of rotatable bonds is 7. The summed E-state index contributed by atoms with van der Waals surface area (Å²) in [4.78, 5) is 0. The van der Waals surface area contributed by atoms with Crippen LogP contribution < -0.4 is 14.8 Å². The zero-order valence-corrected chi connectivity index (χ0v) is 11.0. The molecule has 0 spiro atoms. The first-order valence-electron chi connectivity index (χ1n) is 6.07. The maximum absolute atomic E-state index is 12.2. The molecule has 0 radical (unpaired) electrons. The van der Waals surface area contributed by atoms with E-state index in [1.807, 2.05) is 0 Å². The first-order valence-corrected chi connectivity index (χ1v) is 6.07. The summed E-state index contributed by atoms with van der Waals surface area (Å²) in [5.74, 6) is 0.283. The molecule has 0 aliphatic rings. The predicted molar refractivity (Wildman–Crippen MR) is 66.3 cm³/mol. The lowest BCUT2D eigenvalue weighted by Crippen LogP contribution is -2.25. The third-order valence-corrected chi connectivity index (χ3v) is 2.16. The van der Waals surface area contributed by atoms with Gasteiger partial charge in [-0.05, 0) is 24.6 Å². The van der Waals surface area contributed by atoms with E-state index in [1.165, 1.54) is 18.2 Å². The van der Waals surface area contributed by atoms with Crippen LogP contribution in [0, 0.1) is 5.92 Å². The number of alkyl halides is 3. The molecular weight excluding hydrogens is 259 g/mol. The van der Waals surface area contributed by atoms with Crippen molar-refractivity contribution in [1.82, 2.24) is 5.32 Å². The largest absolute Gasteiger partial charge is 0.573 e. The highest BCUT2D eigenvalue weighted by Gasteiger charge is 2.32. The highest BCUT2D eigenvalue weighted by Crippen LogP contribution is 2.31. The lowest BCUT2D eigenvalue weighted by atomic mass is 10.2. The van der Waals surface area contributed by atoms with Gasteiger partial charge in [0.15, 0.2) is 11.5 Å². The van der Waals surface area contributed by atoms with Gasteiger partial charge in [-0.1, -0.05) is 26.0 Å². The number of para-hydroxylation sites is 2. The SMILES string of the molecule is CC(C)CNCCOc1ccccc1OC(F)(F)F. The van der Waals surface area contributed by atoms with Crippen molar-refractivity contribution in [2.45, 2.75) is 20.2 Å². The lowest BCUT2D eigenvalue weighted by molar-refractivity contribution is -0.275. The van der Waals surface area contributed by atoms with Gasteiger partial charge in [0.05, 0.1) is 0 Å². The number of halogens is 3. The highest BCUT2D eigenvalue weighted by molar-refractivity contribution is 5.39. The van der Waals surface area contributed by atoms with Gasteiger partial charge < -0.3 is 14.8 Å². The normalized spacial score (nSPS) is 11.7. The molecule has 0 heterocycles. The zero-order chi connectivity index (χ0) is 14.3. The van der Waals surface area contributed by atoms with E-state index >= 15 is 0 Å². The fourth-order valence-electron chi connectivity index (χ4n) is 1.40. The van der Waals surface area contributed by atoms with Crippen LogP contribution in [0.5, 0.6) is 11.5 Å². The minimum atomic E-state index is -4.71. The first-order chi connectivity index (χ1) is 8.88. The molecule has 108 valence electrons. The van der Waals surface area contributed by atoms with Gasteiger partial charge in [0.1, 0.15) is 6.61 Å². The Bertz CT molecular complexity index is 380. The molecule has 1 N–H and O–H groups in total. The number of hydrogen-bond donors (Lipinski definition) is 1. The number of hydrogen-bond acceptors (Lipinski definition) is 3. The molecular formula is C13H18F3NO2. The van der Waals surface area contributed by atoms with Gasteiger partial charge in [0.2, 0.25) is 0 Å². The molecule has 6 heteroatoms. The van der Waals surface area contributed by atoms with Crippen molar-refractivity contribution < 1.29 is 22.6 Å². The van der Waals surface area contributed by atoms with Crippen LogP contribution >= 0.6 is 0 Å². The summed E-state index contributed by atoms with van der Waals surface area (Å²) in [6.45, 7) is 5.83. The highest BCUT2D eigenvalue weighted by atomic mass is 19.4. The second-order valence-electron chi connectivity index (χ2n) is 4.44. The average Bonchev–Trinajstić information content (AvgIpc) is 2.28. The van der Waals surface area contributed by atoms with Crippen molar-refractivity contribution in [3.05, 3.63) is 24.3 Å². The molecule has 0 saturated carbocycles. The fraction of sp³-hybridized carbons (Fsp3) is 0.538. The monoisotopic (exact) mass is 277 g/mol. The van der Waals surface area contributed by atoms with Crippen LogP contribution in [0.1, 0.15) is 13.8 Å². The Morgan fingerprint density at radius 3 is 2.37 bits per heavy atom. The zero-order valence-electron chi connectivity index (χ0n) is 11.0. The van der Waals surface area contributed by atoms with E-state index in [9.17, 15) is 13.2 Å². The van der Waals surface area contributed by atoms with Crippen molar-refractivity contribution >= 4 is 0 Å². The van der Waals surface area contributed by atoms with Crippen LogP contribution in [0.4, 0.5) is 13.2 Å². The second kappa shape index (κ2) is 7.23. The minimum absolute atomic E-state index is 0.0890. The van der Waals surface area contributed by atoms with Crippen molar-refractivity contribution in [1.29, 1.82) is 0 Å². The number of benzene rings is 1. The Morgan fingerprint density at radius 2 is 1.79 bits per heavy atom. The molecule has 19 heavy (non-hydrogen) atoms. The van der Waals surface area contributed by atoms with E-state index in [1.54, 1.807) is 6.07 Å². The molecule has 0 atom stereocenters. The van der Waals surface area contributed by atoms with Crippen LogP contribution in [-0.2, 0) is 0 Å². The van der Waals surface area contributed by atoms with Crippen LogP contribution in [-0.4, -0.2) is 26.1 Å². The van der Waals surface area contributed by atoms with Crippen molar-refractivity contribution in [2.24, 2.45) is 5.92 Å². The quantitative estimate of drug-likeness (QED) is 0.776. The standard InChI is InChI=1S/C13H18F3NO2/c1-10(2)9-17-7-8-18-11-5-3-4-6-12(11)19-13(14,15)16/h3-6,10,17H,7-9H2,1-2H3. The van der Waals surface area contributed by atoms with Gasteiger partial charge in [0, 0.05) is 6.54 Å². The fourth-order valence-corrected chi connectivity index (χ4v) is 1.40. The molecule has 0 unspecified atom stereocenters. The van der Waals surface area contributed by atoms with E-state index in [0.717, 1.165) is 6.54 Å². The second-order valence-corrected chi connectivity index (χ2v) is 4.44. The summed E-state index contributed by atoms with van der Waals surface area (Å²) in [5.41, 5.74) is 0. The third kappa shape index (κ3) is 6.91. The van der Waals surface area contributed by atoms with Crippen LogP contribution in [0.25, 0.3) is 0 Å². The summed E-state index contributed by atoms with van der Waals surface area (Å²) in [6.07, 6.45) is -4.71. The Hall–Kier alpha value is -1.43. The van der Waals surface area contributed by atoms with Gasteiger partial charge in [-0.2, -0.15) is 0 Å². The lowest BCUT2D eigenvalue weighted by Gasteiger charge is -2.14. The molecule has 0 amide bonds. The maximum Gasteiger partial charge on any atom is 0.573 e. The molecule has 0 saturated heterocycles. The molecule has 1 aromatic carbocycles. The Morgan fingerprint density at radius 1 is 1.16 bits per heavy atom. The maximum atomic E-state index is 12.2. The molecule has 1 aromatic rings. The van der Waals surface area contributed by atoms with Crippen LogP contribution in [0.3, 0.4) is 0 Å². The van der Waals surface area contributed by atoms with Gasteiger partial charge in [-0.15, -0.1) is 13.2 Å². The van der Waals surface area contributed by atoms with Crippen molar-refractivity contribution in [2.75, 3.05) is 19.7 Å². The van der Waals surface area contributed by atoms with Crippen LogP contribution in [0.15, 0.2) is 24.3 Å². The first kappa shape index (κ1) is 15.6. The summed E-state index contributed by atoms with van der Waals surface area (Å²) < 4.78 is 45.6. The molecule has 0 bridgehead atoms. The molecule has 0 aliphatic heterocycles. The van der Waals surface area contributed by atoms with E-state index in [-0.39, 0.29) is 18.1 Å². The summed E-state index contributed by atoms with van der Waals surface area (Å²) in [6, 6.07) is 5.74. The van der Waals surface area contributed by atoms with E-state index < -0.39 is 6.36 Å². The molecule has 0 aliphatic carbocycles.